The number of hydrogen-bond donors (Lipinski definition) is 2. The van der Waals surface area contributed by atoms with Gasteiger partial charge in [0.1, 0.15) is 12.4 Å². The Kier molecular flexibility index (Phi) is 7.36. The van der Waals surface area contributed by atoms with Crippen LogP contribution in [0.5, 0.6) is 5.75 Å². The highest BCUT2D eigenvalue weighted by Crippen LogP contribution is 2.21. The van der Waals surface area contributed by atoms with E-state index < -0.39 is 0 Å². The lowest BCUT2D eigenvalue weighted by Crippen LogP contribution is -2.37. The van der Waals surface area contributed by atoms with Crippen molar-refractivity contribution < 1.29 is 14.3 Å². The number of benzene rings is 1. The van der Waals surface area contributed by atoms with Crippen molar-refractivity contribution in [1.29, 1.82) is 0 Å². The zero-order valence-electron chi connectivity index (χ0n) is 14.2. The second-order valence-electron chi connectivity index (χ2n) is 5.90. The van der Waals surface area contributed by atoms with Crippen LogP contribution >= 0.6 is 0 Å². The molecule has 0 aromatic heterocycles. The summed E-state index contributed by atoms with van der Waals surface area (Å²) < 4.78 is 11.1. The number of piperidine rings is 1. The summed E-state index contributed by atoms with van der Waals surface area (Å²) >= 11 is 0. The Labute approximate surface area is 138 Å². The Balaban J connectivity index is 1.88. The number of hydrogen-bond acceptors (Lipinski definition) is 4. The number of amides is 1. The van der Waals surface area contributed by atoms with Gasteiger partial charge in [-0.3, -0.25) is 4.79 Å². The minimum atomic E-state index is 0.129. The zero-order chi connectivity index (χ0) is 16.5. The quantitative estimate of drug-likeness (QED) is 0.720. The summed E-state index contributed by atoms with van der Waals surface area (Å²) in [6.45, 7) is 8.14. The number of aryl methyl sites for hydroxylation is 1. The molecule has 1 saturated heterocycles. The number of ether oxygens (including phenoxy) is 2. The first-order valence-electron chi connectivity index (χ1n) is 8.49. The van der Waals surface area contributed by atoms with Crippen molar-refractivity contribution in [3.05, 3.63) is 29.3 Å². The van der Waals surface area contributed by atoms with Gasteiger partial charge >= 0.3 is 0 Å². The predicted octanol–water partition coefficient (Wildman–Crippen LogP) is 2.03. The Morgan fingerprint density at radius 2 is 2.09 bits per heavy atom. The fourth-order valence-electron chi connectivity index (χ4n) is 2.71. The number of nitrogens with one attached hydrogen (secondary N) is 2. The summed E-state index contributed by atoms with van der Waals surface area (Å²) in [5, 5.41) is 6.33. The maximum absolute atomic E-state index is 12.2. The maximum Gasteiger partial charge on any atom is 0.223 e. The molecule has 1 aromatic rings. The standard InChI is InChI=1S/C18H28N2O3/c1-3-22-10-11-23-17-12-14(2)4-5-16(17)13-20-18(21)15-6-8-19-9-7-15/h4-5,12,15,19H,3,6-11,13H2,1-2H3,(H,20,21). The Bertz CT molecular complexity index is 499. The highest BCUT2D eigenvalue weighted by atomic mass is 16.5. The molecule has 0 atom stereocenters. The molecular weight excluding hydrogens is 292 g/mol. The first kappa shape index (κ1) is 17.8. The Hall–Kier alpha value is -1.59. The molecule has 5 heteroatoms. The molecule has 0 bridgehead atoms. The molecule has 1 amide bonds. The van der Waals surface area contributed by atoms with Crippen LogP contribution in [0, 0.1) is 12.8 Å². The summed E-state index contributed by atoms with van der Waals surface area (Å²) in [4.78, 5) is 12.2. The summed E-state index contributed by atoms with van der Waals surface area (Å²) in [5.74, 6) is 1.10. The van der Waals surface area contributed by atoms with Crippen LogP contribution in [0.1, 0.15) is 30.9 Å². The summed E-state index contributed by atoms with van der Waals surface area (Å²) in [6.07, 6.45) is 1.83. The largest absolute Gasteiger partial charge is 0.491 e. The SMILES string of the molecule is CCOCCOc1cc(C)ccc1CNC(=O)C1CCNCC1. The van der Waals surface area contributed by atoms with Gasteiger partial charge < -0.3 is 20.1 Å². The molecule has 1 aromatic carbocycles. The van der Waals surface area contributed by atoms with Gasteiger partial charge in [0.15, 0.2) is 0 Å². The van der Waals surface area contributed by atoms with Gasteiger partial charge in [-0.25, -0.2) is 0 Å². The van der Waals surface area contributed by atoms with Crippen LogP contribution < -0.4 is 15.4 Å². The third kappa shape index (κ3) is 5.84. The summed E-state index contributed by atoms with van der Waals surface area (Å²) in [5.41, 5.74) is 2.15. The van der Waals surface area contributed by atoms with Gasteiger partial charge in [0.25, 0.3) is 0 Å². The van der Waals surface area contributed by atoms with Gasteiger partial charge in [-0.2, -0.15) is 0 Å². The Morgan fingerprint density at radius 3 is 2.83 bits per heavy atom. The monoisotopic (exact) mass is 320 g/mol. The van der Waals surface area contributed by atoms with Crippen molar-refractivity contribution >= 4 is 5.91 Å². The molecule has 1 aliphatic rings. The van der Waals surface area contributed by atoms with Crippen LogP contribution in [-0.4, -0.2) is 38.8 Å². The van der Waals surface area contributed by atoms with Crippen molar-refractivity contribution in [3.63, 3.8) is 0 Å². The van der Waals surface area contributed by atoms with Gasteiger partial charge in [0, 0.05) is 24.6 Å². The molecular formula is C18H28N2O3. The van der Waals surface area contributed by atoms with Gasteiger partial charge in [0.2, 0.25) is 5.91 Å². The topological polar surface area (TPSA) is 59.6 Å². The minimum absolute atomic E-state index is 0.129. The Morgan fingerprint density at radius 1 is 1.30 bits per heavy atom. The molecule has 0 spiro atoms. The van der Waals surface area contributed by atoms with Crippen LogP contribution in [0.2, 0.25) is 0 Å². The first-order valence-corrected chi connectivity index (χ1v) is 8.49. The molecule has 5 nitrogen and oxygen atoms in total. The second kappa shape index (κ2) is 9.53. The van der Waals surface area contributed by atoms with E-state index in [2.05, 4.69) is 10.6 Å². The zero-order valence-corrected chi connectivity index (χ0v) is 14.2. The average molecular weight is 320 g/mol. The maximum atomic E-state index is 12.2. The molecule has 0 radical (unpaired) electrons. The average Bonchev–Trinajstić information content (AvgIpc) is 2.58. The van der Waals surface area contributed by atoms with Crippen molar-refractivity contribution in [2.75, 3.05) is 32.9 Å². The molecule has 1 fully saturated rings. The fraction of sp³-hybridized carbons (Fsp3) is 0.611. The molecule has 0 aliphatic carbocycles. The highest BCUT2D eigenvalue weighted by molar-refractivity contribution is 5.78. The van der Waals surface area contributed by atoms with Crippen LogP contribution in [0.4, 0.5) is 0 Å². The number of rotatable bonds is 8. The molecule has 2 rings (SSSR count). The first-order chi connectivity index (χ1) is 11.2. The molecule has 1 heterocycles. The van der Waals surface area contributed by atoms with Crippen LogP contribution in [-0.2, 0) is 16.1 Å². The third-order valence-corrected chi connectivity index (χ3v) is 4.08. The van der Waals surface area contributed by atoms with Crippen molar-refractivity contribution in [1.82, 2.24) is 10.6 Å². The van der Waals surface area contributed by atoms with Gasteiger partial charge in [-0.1, -0.05) is 12.1 Å². The lowest BCUT2D eigenvalue weighted by Gasteiger charge is -2.22. The van der Waals surface area contributed by atoms with E-state index in [1.54, 1.807) is 0 Å². The summed E-state index contributed by atoms with van der Waals surface area (Å²) in [7, 11) is 0. The second-order valence-corrected chi connectivity index (χ2v) is 5.90. The smallest absolute Gasteiger partial charge is 0.223 e. The van der Waals surface area contributed by atoms with E-state index in [1.165, 1.54) is 0 Å². The molecule has 0 saturated carbocycles. The van der Waals surface area contributed by atoms with Gasteiger partial charge in [0.05, 0.1) is 6.61 Å². The molecule has 23 heavy (non-hydrogen) atoms. The van der Waals surface area contributed by atoms with Crippen LogP contribution in [0.25, 0.3) is 0 Å². The summed E-state index contributed by atoms with van der Waals surface area (Å²) in [6, 6.07) is 6.08. The molecule has 1 aliphatic heterocycles. The number of carbonyl (C=O) groups is 1. The van der Waals surface area contributed by atoms with Gasteiger partial charge in [-0.05, 0) is 51.4 Å². The molecule has 0 unspecified atom stereocenters. The van der Waals surface area contributed by atoms with E-state index >= 15 is 0 Å². The lowest BCUT2D eigenvalue weighted by molar-refractivity contribution is -0.125. The normalized spacial score (nSPS) is 15.4. The van der Waals surface area contributed by atoms with Crippen molar-refractivity contribution in [3.8, 4) is 5.75 Å². The number of carbonyl (C=O) groups excluding carboxylic acids is 1. The van der Waals surface area contributed by atoms with E-state index in [1.807, 2.05) is 32.0 Å². The highest BCUT2D eigenvalue weighted by Gasteiger charge is 2.20. The molecule has 128 valence electrons. The minimum Gasteiger partial charge on any atom is -0.491 e. The van der Waals surface area contributed by atoms with Crippen LogP contribution in [0.15, 0.2) is 18.2 Å². The van der Waals surface area contributed by atoms with Crippen molar-refractivity contribution in [2.45, 2.75) is 33.2 Å². The van der Waals surface area contributed by atoms with Crippen LogP contribution in [0.3, 0.4) is 0 Å². The van der Waals surface area contributed by atoms with E-state index in [0.717, 1.165) is 42.8 Å². The van der Waals surface area contributed by atoms with Gasteiger partial charge in [-0.15, -0.1) is 0 Å². The van der Waals surface area contributed by atoms with E-state index in [4.69, 9.17) is 9.47 Å². The van der Waals surface area contributed by atoms with E-state index in [9.17, 15) is 4.79 Å². The van der Waals surface area contributed by atoms with Crippen molar-refractivity contribution in [2.24, 2.45) is 5.92 Å². The third-order valence-electron chi connectivity index (χ3n) is 4.08. The van der Waals surface area contributed by atoms with E-state index in [-0.39, 0.29) is 11.8 Å². The fourth-order valence-corrected chi connectivity index (χ4v) is 2.71. The molecule has 2 N–H and O–H groups in total. The predicted molar refractivity (Wildman–Crippen MR) is 90.6 cm³/mol. The van der Waals surface area contributed by atoms with E-state index in [0.29, 0.717) is 26.4 Å². The lowest BCUT2D eigenvalue weighted by atomic mass is 9.97.